The minimum atomic E-state index is -0.225. The molecule has 0 aromatic carbocycles. The summed E-state index contributed by atoms with van der Waals surface area (Å²) in [7, 11) is 0. The molecule has 2 aliphatic rings. The van der Waals surface area contributed by atoms with Gasteiger partial charge in [0.2, 0.25) is 0 Å². The molecule has 1 N–H and O–H groups in total. The van der Waals surface area contributed by atoms with E-state index in [1.54, 1.807) is 0 Å². The van der Waals surface area contributed by atoms with E-state index in [1.807, 2.05) is 0 Å². The molecule has 4 heteroatoms. The van der Waals surface area contributed by atoms with E-state index in [2.05, 4.69) is 39.1 Å². The van der Waals surface area contributed by atoms with Crippen molar-refractivity contribution in [2.24, 2.45) is 5.92 Å². The van der Waals surface area contributed by atoms with Crippen molar-refractivity contribution in [1.82, 2.24) is 4.98 Å². The first kappa shape index (κ1) is 18.2. The van der Waals surface area contributed by atoms with Crippen LogP contribution in [0.15, 0.2) is 0 Å². The van der Waals surface area contributed by atoms with Gasteiger partial charge in [-0.15, -0.1) is 0 Å². The van der Waals surface area contributed by atoms with Crippen molar-refractivity contribution >= 4 is 5.82 Å². The van der Waals surface area contributed by atoms with Crippen LogP contribution in [-0.2, 0) is 24.2 Å². The van der Waals surface area contributed by atoms with Gasteiger partial charge in [0, 0.05) is 23.7 Å². The average molecular weight is 341 g/mol. The van der Waals surface area contributed by atoms with Crippen molar-refractivity contribution in [2.45, 2.75) is 90.9 Å². The van der Waals surface area contributed by atoms with Crippen molar-refractivity contribution in [3.05, 3.63) is 22.4 Å². The molecule has 1 fully saturated rings. The minimum absolute atomic E-state index is 0.225. The molecule has 0 atom stereocenters. The fourth-order valence-electron chi connectivity index (χ4n) is 4.06. The number of rotatable bonds is 4. The SMILES string of the molecule is CC(C)Cc1nc(NC2CCCCC2)c(C#N)c2c1COC(C)(C)C2. The van der Waals surface area contributed by atoms with Crippen molar-refractivity contribution < 1.29 is 4.74 Å². The summed E-state index contributed by atoms with van der Waals surface area (Å²) in [6, 6.07) is 2.90. The number of pyridine rings is 1. The minimum Gasteiger partial charge on any atom is -0.370 e. The van der Waals surface area contributed by atoms with Crippen molar-refractivity contribution in [3.63, 3.8) is 0 Å². The van der Waals surface area contributed by atoms with Gasteiger partial charge in [0.05, 0.1) is 17.8 Å². The van der Waals surface area contributed by atoms with Gasteiger partial charge in [0.15, 0.2) is 0 Å². The maximum Gasteiger partial charge on any atom is 0.144 e. The third kappa shape index (κ3) is 4.15. The average Bonchev–Trinajstić information content (AvgIpc) is 2.54. The first-order valence-electron chi connectivity index (χ1n) is 9.75. The second kappa shape index (κ2) is 7.33. The Labute approximate surface area is 152 Å². The predicted molar refractivity (Wildman–Crippen MR) is 101 cm³/mol. The third-order valence-corrected chi connectivity index (χ3v) is 5.37. The van der Waals surface area contributed by atoms with Crippen LogP contribution in [-0.4, -0.2) is 16.6 Å². The lowest BCUT2D eigenvalue weighted by Gasteiger charge is -2.34. The van der Waals surface area contributed by atoms with Crippen LogP contribution in [0.4, 0.5) is 5.82 Å². The first-order valence-corrected chi connectivity index (χ1v) is 9.75. The number of ether oxygens (including phenoxy) is 1. The Morgan fingerprint density at radius 2 is 1.96 bits per heavy atom. The van der Waals surface area contributed by atoms with E-state index in [1.165, 1.54) is 32.1 Å². The molecule has 1 aromatic rings. The molecule has 136 valence electrons. The third-order valence-electron chi connectivity index (χ3n) is 5.37. The van der Waals surface area contributed by atoms with Gasteiger partial charge in [-0.25, -0.2) is 4.98 Å². The van der Waals surface area contributed by atoms with Gasteiger partial charge in [-0.1, -0.05) is 33.1 Å². The van der Waals surface area contributed by atoms with E-state index in [-0.39, 0.29) is 5.60 Å². The van der Waals surface area contributed by atoms with Gasteiger partial charge in [-0.05, 0) is 44.6 Å². The molecule has 0 saturated heterocycles. The Morgan fingerprint density at radius 1 is 1.24 bits per heavy atom. The summed E-state index contributed by atoms with van der Waals surface area (Å²) in [5, 5.41) is 13.5. The molecule has 25 heavy (non-hydrogen) atoms. The van der Waals surface area contributed by atoms with Crippen LogP contribution in [0.25, 0.3) is 0 Å². The van der Waals surface area contributed by atoms with Crippen LogP contribution in [0.3, 0.4) is 0 Å². The van der Waals surface area contributed by atoms with Crippen LogP contribution in [0.5, 0.6) is 0 Å². The molecule has 0 bridgehead atoms. The van der Waals surface area contributed by atoms with Crippen LogP contribution >= 0.6 is 0 Å². The van der Waals surface area contributed by atoms with Gasteiger partial charge in [0.1, 0.15) is 11.9 Å². The number of nitrogens with zero attached hydrogens (tertiary/aromatic N) is 2. The summed E-state index contributed by atoms with van der Waals surface area (Å²) in [5.74, 6) is 1.34. The lowest BCUT2D eigenvalue weighted by Crippen LogP contribution is -2.34. The molecule has 1 aliphatic carbocycles. The van der Waals surface area contributed by atoms with Crippen LogP contribution in [0.1, 0.15) is 82.2 Å². The Morgan fingerprint density at radius 3 is 2.60 bits per heavy atom. The highest BCUT2D eigenvalue weighted by Crippen LogP contribution is 2.35. The molecular formula is C21H31N3O. The summed E-state index contributed by atoms with van der Waals surface area (Å²) < 4.78 is 6.03. The molecule has 1 aliphatic heterocycles. The first-order chi connectivity index (χ1) is 11.9. The van der Waals surface area contributed by atoms with Crippen LogP contribution < -0.4 is 5.32 Å². The zero-order valence-electron chi connectivity index (χ0n) is 16.1. The maximum atomic E-state index is 9.88. The quantitative estimate of drug-likeness (QED) is 0.859. The number of anilines is 1. The summed E-state index contributed by atoms with van der Waals surface area (Å²) in [4.78, 5) is 4.93. The largest absolute Gasteiger partial charge is 0.370 e. The van der Waals surface area contributed by atoms with E-state index >= 15 is 0 Å². The fraction of sp³-hybridized carbons (Fsp3) is 0.714. The summed E-state index contributed by atoms with van der Waals surface area (Å²) in [6.45, 7) is 9.21. The predicted octanol–water partition coefficient (Wildman–Crippen LogP) is 4.75. The number of hydrogen-bond donors (Lipinski definition) is 1. The maximum absolute atomic E-state index is 9.88. The van der Waals surface area contributed by atoms with Gasteiger partial charge in [-0.3, -0.25) is 0 Å². The van der Waals surface area contributed by atoms with Crippen molar-refractivity contribution in [2.75, 3.05) is 5.32 Å². The van der Waals surface area contributed by atoms with E-state index in [0.29, 0.717) is 18.6 Å². The Balaban J connectivity index is 2.02. The van der Waals surface area contributed by atoms with Crippen LogP contribution in [0.2, 0.25) is 0 Å². The van der Waals surface area contributed by atoms with E-state index in [9.17, 15) is 5.26 Å². The van der Waals surface area contributed by atoms with Gasteiger partial charge in [0.25, 0.3) is 0 Å². The number of aromatic nitrogens is 1. The lowest BCUT2D eigenvalue weighted by atomic mass is 9.86. The second-order valence-corrected chi connectivity index (χ2v) is 8.65. The van der Waals surface area contributed by atoms with E-state index < -0.39 is 0 Å². The zero-order valence-corrected chi connectivity index (χ0v) is 16.1. The smallest absolute Gasteiger partial charge is 0.144 e. The lowest BCUT2D eigenvalue weighted by molar-refractivity contribution is -0.0407. The van der Waals surface area contributed by atoms with Gasteiger partial charge < -0.3 is 10.1 Å². The molecule has 0 unspecified atom stereocenters. The topological polar surface area (TPSA) is 57.9 Å². The monoisotopic (exact) mass is 341 g/mol. The molecule has 3 rings (SSSR count). The highest BCUT2D eigenvalue weighted by atomic mass is 16.5. The summed E-state index contributed by atoms with van der Waals surface area (Å²) >= 11 is 0. The Hall–Kier alpha value is -1.60. The highest BCUT2D eigenvalue weighted by molar-refractivity contribution is 5.61. The summed E-state index contributed by atoms with van der Waals surface area (Å²) in [5.41, 5.74) is 3.93. The van der Waals surface area contributed by atoms with Crippen LogP contribution in [0, 0.1) is 17.2 Å². The number of nitriles is 1. The molecule has 4 nitrogen and oxygen atoms in total. The number of fused-ring (bicyclic) bond motifs is 1. The zero-order chi connectivity index (χ0) is 18.0. The molecule has 2 heterocycles. The fourth-order valence-corrected chi connectivity index (χ4v) is 4.06. The normalized spacial score (nSPS) is 20.2. The standard InChI is InChI=1S/C21H31N3O/c1-14(2)10-19-18-13-25-21(3,4)11-16(18)17(12-22)20(24-19)23-15-8-6-5-7-9-15/h14-15H,5-11,13H2,1-4H3,(H,23,24). The molecular weight excluding hydrogens is 310 g/mol. The second-order valence-electron chi connectivity index (χ2n) is 8.65. The molecule has 1 aromatic heterocycles. The number of nitrogens with one attached hydrogen (secondary N) is 1. The van der Waals surface area contributed by atoms with E-state index in [4.69, 9.17) is 9.72 Å². The molecule has 0 spiro atoms. The Kier molecular flexibility index (Phi) is 5.34. The Bertz CT molecular complexity index is 667. The van der Waals surface area contributed by atoms with E-state index in [0.717, 1.165) is 41.0 Å². The molecule has 0 radical (unpaired) electrons. The molecule has 1 saturated carbocycles. The van der Waals surface area contributed by atoms with Crippen molar-refractivity contribution in [1.29, 1.82) is 5.26 Å². The highest BCUT2D eigenvalue weighted by Gasteiger charge is 2.32. The van der Waals surface area contributed by atoms with Crippen molar-refractivity contribution in [3.8, 4) is 6.07 Å². The van der Waals surface area contributed by atoms with Gasteiger partial charge >= 0.3 is 0 Å². The molecule has 0 amide bonds. The van der Waals surface area contributed by atoms with Gasteiger partial charge in [-0.2, -0.15) is 5.26 Å². The number of hydrogen-bond acceptors (Lipinski definition) is 4. The summed E-state index contributed by atoms with van der Waals surface area (Å²) in [6.07, 6.45) is 7.92.